The second kappa shape index (κ2) is 4.96. The lowest BCUT2D eigenvalue weighted by atomic mass is 10.1. The van der Waals surface area contributed by atoms with Crippen molar-refractivity contribution in [1.82, 2.24) is 4.90 Å². The van der Waals surface area contributed by atoms with Gasteiger partial charge in [0.2, 0.25) is 5.91 Å². The summed E-state index contributed by atoms with van der Waals surface area (Å²) in [6.07, 6.45) is 3.89. The van der Waals surface area contributed by atoms with Crippen molar-refractivity contribution in [2.75, 3.05) is 6.54 Å². The van der Waals surface area contributed by atoms with Crippen LogP contribution in [0.15, 0.2) is 11.6 Å². The summed E-state index contributed by atoms with van der Waals surface area (Å²) >= 11 is 0. The van der Waals surface area contributed by atoms with Crippen LogP contribution in [-0.4, -0.2) is 34.5 Å². The van der Waals surface area contributed by atoms with Gasteiger partial charge in [-0.25, -0.2) is 4.79 Å². The van der Waals surface area contributed by atoms with Crippen LogP contribution in [0.25, 0.3) is 0 Å². The zero-order valence-electron chi connectivity index (χ0n) is 9.19. The van der Waals surface area contributed by atoms with Gasteiger partial charge in [-0.1, -0.05) is 20.3 Å². The molecule has 1 atom stereocenters. The van der Waals surface area contributed by atoms with Crippen molar-refractivity contribution in [2.24, 2.45) is 0 Å². The maximum atomic E-state index is 11.6. The van der Waals surface area contributed by atoms with E-state index in [1.165, 1.54) is 4.90 Å². The van der Waals surface area contributed by atoms with Crippen molar-refractivity contribution in [3.05, 3.63) is 11.6 Å². The second-order valence-corrected chi connectivity index (χ2v) is 3.78. The number of carboxylic acid groups (broad SMARTS) is 1. The normalized spacial score (nSPS) is 17.9. The number of rotatable bonds is 5. The molecule has 4 nitrogen and oxygen atoms in total. The quantitative estimate of drug-likeness (QED) is 0.748. The van der Waals surface area contributed by atoms with Gasteiger partial charge in [0.05, 0.1) is 0 Å². The third-order valence-electron chi connectivity index (χ3n) is 2.60. The fraction of sp³-hybridized carbons (Fsp3) is 0.636. The minimum Gasteiger partial charge on any atom is -0.480 e. The van der Waals surface area contributed by atoms with E-state index in [-0.39, 0.29) is 5.91 Å². The van der Waals surface area contributed by atoms with Gasteiger partial charge in [0.15, 0.2) is 0 Å². The van der Waals surface area contributed by atoms with Gasteiger partial charge in [0, 0.05) is 12.6 Å². The largest absolute Gasteiger partial charge is 0.480 e. The zero-order chi connectivity index (χ0) is 11.4. The number of carboxylic acids is 1. The number of hydrogen-bond donors (Lipinski definition) is 1. The van der Waals surface area contributed by atoms with Crippen molar-refractivity contribution in [2.45, 2.75) is 39.2 Å². The molecule has 0 aromatic rings. The van der Waals surface area contributed by atoms with Crippen LogP contribution in [0.2, 0.25) is 0 Å². The summed E-state index contributed by atoms with van der Waals surface area (Å²) in [6, 6.07) is -0.678. The van der Waals surface area contributed by atoms with Gasteiger partial charge < -0.3 is 10.0 Å². The highest BCUT2D eigenvalue weighted by Crippen LogP contribution is 2.19. The number of hydrogen-bond acceptors (Lipinski definition) is 2. The molecule has 1 N–H and O–H groups in total. The fourth-order valence-corrected chi connectivity index (χ4v) is 1.86. The van der Waals surface area contributed by atoms with Gasteiger partial charge in [-0.2, -0.15) is 0 Å². The summed E-state index contributed by atoms with van der Waals surface area (Å²) in [5.41, 5.74) is 1.04. The van der Waals surface area contributed by atoms with E-state index in [1.807, 2.05) is 6.92 Å². The minimum atomic E-state index is -0.919. The summed E-state index contributed by atoms with van der Waals surface area (Å²) < 4.78 is 0. The molecule has 0 aromatic heterocycles. The molecular formula is C11H17NO3. The molecule has 15 heavy (non-hydrogen) atoms. The van der Waals surface area contributed by atoms with Crippen LogP contribution < -0.4 is 0 Å². The van der Waals surface area contributed by atoms with E-state index in [2.05, 4.69) is 0 Å². The maximum Gasteiger partial charge on any atom is 0.326 e. The first kappa shape index (κ1) is 11.8. The molecule has 0 aromatic carbocycles. The Morgan fingerprint density at radius 3 is 2.73 bits per heavy atom. The predicted octanol–water partition coefficient (Wildman–Crippen LogP) is 1.42. The first-order chi connectivity index (χ1) is 7.10. The van der Waals surface area contributed by atoms with Crippen molar-refractivity contribution < 1.29 is 14.7 Å². The maximum absolute atomic E-state index is 11.6. The highest BCUT2D eigenvalue weighted by Gasteiger charge is 2.31. The molecule has 0 saturated carbocycles. The Balaban J connectivity index is 2.68. The van der Waals surface area contributed by atoms with Gasteiger partial charge in [0.1, 0.15) is 6.04 Å². The SMILES string of the molecule is CCCC1=CC(=O)N([C@@H](CC)C(=O)O)C1. The Morgan fingerprint density at radius 2 is 2.27 bits per heavy atom. The third kappa shape index (κ3) is 2.58. The summed E-state index contributed by atoms with van der Waals surface area (Å²) in [5, 5.41) is 8.95. The number of aliphatic carboxylic acids is 1. The van der Waals surface area contributed by atoms with Crippen LogP contribution >= 0.6 is 0 Å². The molecule has 1 rings (SSSR count). The van der Waals surface area contributed by atoms with Crippen LogP contribution in [0.3, 0.4) is 0 Å². The molecule has 1 heterocycles. The molecule has 0 spiro atoms. The summed E-state index contributed by atoms with van der Waals surface area (Å²) in [5.74, 6) is -1.08. The van der Waals surface area contributed by atoms with E-state index >= 15 is 0 Å². The molecule has 84 valence electrons. The van der Waals surface area contributed by atoms with E-state index in [9.17, 15) is 9.59 Å². The third-order valence-corrected chi connectivity index (χ3v) is 2.60. The molecule has 4 heteroatoms. The standard InChI is InChI=1S/C11H17NO3/c1-3-5-8-6-10(13)12(7-8)9(4-2)11(14)15/h6,9H,3-5,7H2,1-2H3,(H,14,15)/t9-/m0/s1. The zero-order valence-corrected chi connectivity index (χ0v) is 9.19. The van der Waals surface area contributed by atoms with E-state index < -0.39 is 12.0 Å². The van der Waals surface area contributed by atoms with E-state index in [4.69, 9.17) is 5.11 Å². The van der Waals surface area contributed by atoms with Crippen LogP contribution in [0, 0.1) is 0 Å². The molecular weight excluding hydrogens is 194 g/mol. The molecule has 0 bridgehead atoms. The van der Waals surface area contributed by atoms with Crippen LogP contribution in [0.5, 0.6) is 0 Å². The van der Waals surface area contributed by atoms with Gasteiger partial charge in [-0.05, 0) is 18.4 Å². The van der Waals surface area contributed by atoms with Gasteiger partial charge >= 0.3 is 5.97 Å². The van der Waals surface area contributed by atoms with Crippen molar-refractivity contribution in [3.8, 4) is 0 Å². The average Bonchev–Trinajstić information content (AvgIpc) is 2.49. The van der Waals surface area contributed by atoms with E-state index in [0.29, 0.717) is 13.0 Å². The molecule has 0 unspecified atom stereocenters. The lowest BCUT2D eigenvalue weighted by Crippen LogP contribution is -2.42. The molecule has 1 aliphatic rings. The lowest BCUT2D eigenvalue weighted by Gasteiger charge is -2.23. The summed E-state index contributed by atoms with van der Waals surface area (Å²) in [6.45, 7) is 4.31. The summed E-state index contributed by atoms with van der Waals surface area (Å²) in [4.78, 5) is 23.9. The van der Waals surface area contributed by atoms with Crippen molar-refractivity contribution in [1.29, 1.82) is 0 Å². The lowest BCUT2D eigenvalue weighted by molar-refractivity contribution is -0.147. The smallest absolute Gasteiger partial charge is 0.326 e. The second-order valence-electron chi connectivity index (χ2n) is 3.78. The van der Waals surface area contributed by atoms with Gasteiger partial charge in [-0.3, -0.25) is 4.79 Å². The topological polar surface area (TPSA) is 57.6 Å². The van der Waals surface area contributed by atoms with Gasteiger partial charge in [-0.15, -0.1) is 0 Å². The van der Waals surface area contributed by atoms with Crippen LogP contribution in [0.4, 0.5) is 0 Å². The Bertz CT molecular complexity index is 296. The predicted molar refractivity (Wildman–Crippen MR) is 56.4 cm³/mol. The highest BCUT2D eigenvalue weighted by molar-refractivity contribution is 5.94. The molecule has 0 radical (unpaired) electrons. The van der Waals surface area contributed by atoms with Gasteiger partial charge in [0.25, 0.3) is 0 Å². The Hall–Kier alpha value is -1.32. The number of carbonyl (C=O) groups excluding carboxylic acids is 1. The molecule has 0 saturated heterocycles. The monoisotopic (exact) mass is 211 g/mol. The molecule has 1 aliphatic heterocycles. The molecule has 0 aliphatic carbocycles. The first-order valence-corrected chi connectivity index (χ1v) is 5.33. The van der Waals surface area contributed by atoms with E-state index in [1.54, 1.807) is 13.0 Å². The summed E-state index contributed by atoms with van der Waals surface area (Å²) in [7, 11) is 0. The Kier molecular flexibility index (Phi) is 3.88. The Labute approximate surface area is 89.6 Å². The highest BCUT2D eigenvalue weighted by atomic mass is 16.4. The molecule has 1 amide bonds. The number of nitrogens with zero attached hydrogens (tertiary/aromatic N) is 1. The van der Waals surface area contributed by atoms with Crippen molar-refractivity contribution >= 4 is 11.9 Å². The average molecular weight is 211 g/mol. The minimum absolute atomic E-state index is 0.160. The molecule has 0 fully saturated rings. The van der Waals surface area contributed by atoms with Crippen LogP contribution in [-0.2, 0) is 9.59 Å². The van der Waals surface area contributed by atoms with Crippen LogP contribution in [0.1, 0.15) is 33.1 Å². The van der Waals surface area contributed by atoms with Crippen molar-refractivity contribution in [3.63, 3.8) is 0 Å². The first-order valence-electron chi connectivity index (χ1n) is 5.33. The van der Waals surface area contributed by atoms with E-state index in [0.717, 1.165) is 18.4 Å². The Morgan fingerprint density at radius 1 is 1.60 bits per heavy atom. The number of amides is 1. The fourth-order valence-electron chi connectivity index (χ4n) is 1.86. The number of carbonyl (C=O) groups is 2.